The summed E-state index contributed by atoms with van der Waals surface area (Å²) >= 11 is 0. The van der Waals surface area contributed by atoms with Crippen LogP contribution in [0.15, 0.2) is 11.6 Å². The fraction of sp³-hybridized carbons (Fsp3) is 0.857. The highest BCUT2D eigenvalue weighted by molar-refractivity contribution is 5.76. The molecule has 0 amide bonds. The second kappa shape index (κ2) is 6.16. The Kier molecular flexibility index (Phi) is 4.27. The number of esters is 1. The third-order valence-electron chi connectivity index (χ3n) is 7.57. The summed E-state index contributed by atoms with van der Waals surface area (Å²) in [5.41, 5.74) is 1.92. The van der Waals surface area contributed by atoms with Crippen LogP contribution in [0.3, 0.4) is 0 Å². The topological polar surface area (TPSA) is 30.7 Å². The molecule has 5 atom stereocenters. The second-order valence-electron chi connectivity index (χ2n) is 9.48. The van der Waals surface area contributed by atoms with Crippen LogP contribution in [0.4, 0.5) is 0 Å². The zero-order valence-electron chi connectivity index (χ0n) is 15.6. The molecule has 3 fully saturated rings. The van der Waals surface area contributed by atoms with Crippen molar-refractivity contribution < 1.29 is 14.4 Å². The molecule has 1 saturated carbocycles. The number of quaternary nitrogens is 1. The van der Waals surface area contributed by atoms with E-state index in [1.807, 2.05) is 0 Å². The predicted octanol–water partition coefficient (Wildman–Crippen LogP) is 2.62. The lowest BCUT2D eigenvalue weighted by Crippen LogP contribution is -3.13. The molecular weight excluding hydrogens is 298 g/mol. The number of likely N-dealkylation sites (tertiary alicyclic amines) is 1. The van der Waals surface area contributed by atoms with Gasteiger partial charge in [0.1, 0.15) is 12.0 Å². The summed E-state index contributed by atoms with van der Waals surface area (Å²) in [6, 6.07) is 0. The Morgan fingerprint density at radius 1 is 1.25 bits per heavy atom. The Hall–Kier alpha value is -0.830. The molecule has 0 bridgehead atoms. The van der Waals surface area contributed by atoms with Crippen molar-refractivity contribution in [2.45, 2.75) is 65.4 Å². The molecule has 3 nitrogen and oxygen atoms in total. The van der Waals surface area contributed by atoms with Crippen LogP contribution in [0.5, 0.6) is 0 Å². The molecule has 24 heavy (non-hydrogen) atoms. The van der Waals surface area contributed by atoms with Crippen LogP contribution in [-0.2, 0) is 9.53 Å². The molecule has 0 radical (unpaired) electrons. The van der Waals surface area contributed by atoms with Crippen LogP contribution in [0.2, 0.25) is 0 Å². The highest BCUT2D eigenvalue weighted by Crippen LogP contribution is 2.53. The summed E-state index contributed by atoms with van der Waals surface area (Å²) in [6.45, 7) is 10.6. The van der Waals surface area contributed by atoms with Crippen molar-refractivity contribution >= 4 is 5.97 Å². The Balaban J connectivity index is 1.53. The van der Waals surface area contributed by atoms with Gasteiger partial charge in [0.2, 0.25) is 0 Å². The summed E-state index contributed by atoms with van der Waals surface area (Å²) in [7, 11) is 0. The normalized spacial score (nSPS) is 48.3. The fourth-order valence-corrected chi connectivity index (χ4v) is 5.97. The number of ether oxygens (including phenoxy) is 1. The quantitative estimate of drug-likeness (QED) is 0.622. The Morgan fingerprint density at radius 3 is 2.75 bits per heavy atom. The largest absolute Gasteiger partial charge is 0.461 e. The molecule has 0 aromatic carbocycles. The van der Waals surface area contributed by atoms with Gasteiger partial charge in [-0.2, -0.15) is 0 Å². The Bertz CT molecular complexity index is 534. The number of hydrogen-bond acceptors (Lipinski definition) is 2. The second-order valence-corrected chi connectivity index (χ2v) is 9.48. The van der Waals surface area contributed by atoms with E-state index in [0.717, 1.165) is 18.9 Å². The van der Waals surface area contributed by atoms with Gasteiger partial charge in [0.15, 0.2) is 0 Å². The number of rotatable bonds is 2. The molecule has 0 unspecified atom stereocenters. The molecule has 1 N–H and O–H groups in total. The first-order valence-electron chi connectivity index (χ1n) is 10.2. The molecule has 0 spiro atoms. The van der Waals surface area contributed by atoms with Crippen LogP contribution in [-0.4, -0.2) is 31.7 Å². The van der Waals surface area contributed by atoms with Gasteiger partial charge in [0.25, 0.3) is 0 Å². The van der Waals surface area contributed by atoms with Crippen LogP contribution < -0.4 is 4.90 Å². The van der Waals surface area contributed by atoms with Crippen molar-refractivity contribution in [2.75, 3.05) is 19.6 Å². The number of nitrogens with one attached hydrogen (secondary N) is 1. The standard InChI is InChI=1S/C21H33NO2/c1-14-6-9-22(10-7-14)13-17-16-11-18-15(2)5-4-8-21(18,3)12-19(16)24-20(17)23/h11,14-17,19H,4-10,12-13H2,1-3H3/p+1/t15-,16+,17+,19+,21+/m0/s1. The van der Waals surface area contributed by atoms with Crippen LogP contribution in [0.1, 0.15) is 59.3 Å². The van der Waals surface area contributed by atoms with Gasteiger partial charge in [-0.1, -0.05) is 38.8 Å². The summed E-state index contributed by atoms with van der Waals surface area (Å²) in [6.07, 6.45) is 10.2. The number of fused-ring (bicyclic) bond motifs is 2. The fourth-order valence-electron chi connectivity index (χ4n) is 5.97. The minimum atomic E-state index is 0.0860. The average Bonchev–Trinajstić information content (AvgIpc) is 2.82. The maximum Gasteiger partial charge on any atom is 0.315 e. The average molecular weight is 333 g/mol. The van der Waals surface area contributed by atoms with E-state index in [1.54, 1.807) is 10.5 Å². The van der Waals surface area contributed by atoms with E-state index in [4.69, 9.17) is 4.74 Å². The predicted molar refractivity (Wildman–Crippen MR) is 94.6 cm³/mol. The maximum absolute atomic E-state index is 12.6. The minimum absolute atomic E-state index is 0.0860. The van der Waals surface area contributed by atoms with Crippen molar-refractivity contribution in [2.24, 2.45) is 29.1 Å². The van der Waals surface area contributed by atoms with E-state index in [2.05, 4.69) is 26.8 Å². The first kappa shape index (κ1) is 16.6. The molecule has 2 aliphatic heterocycles. The van der Waals surface area contributed by atoms with E-state index in [9.17, 15) is 4.79 Å². The molecule has 0 aromatic rings. The molecule has 2 heterocycles. The van der Waals surface area contributed by atoms with Gasteiger partial charge in [-0.25, -0.2) is 0 Å². The molecule has 134 valence electrons. The first-order valence-corrected chi connectivity index (χ1v) is 10.2. The third kappa shape index (κ3) is 2.83. The summed E-state index contributed by atoms with van der Waals surface area (Å²) in [4.78, 5) is 14.2. The molecule has 4 aliphatic rings. The van der Waals surface area contributed by atoms with Gasteiger partial charge in [0.05, 0.1) is 19.6 Å². The lowest BCUT2D eigenvalue weighted by atomic mass is 9.59. The van der Waals surface area contributed by atoms with Gasteiger partial charge in [-0.05, 0) is 49.4 Å². The van der Waals surface area contributed by atoms with E-state index in [-0.39, 0.29) is 23.4 Å². The van der Waals surface area contributed by atoms with Crippen molar-refractivity contribution in [3.05, 3.63) is 11.6 Å². The number of hydrogen-bond donors (Lipinski definition) is 1. The highest BCUT2D eigenvalue weighted by atomic mass is 16.6. The molecule has 0 aromatic heterocycles. The number of carbonyl (C=O) groups excluding carboxylic acids is 1. The van der Waals surface area contributed by atoms with Crippen LogP contribution in [0.25, 0.3) is 0 Å². The van der Waals surface area contributed by atoms with Crippen LogP contribution >= 0.6 is 0 Å². The number of piperidine rings is 1. The maximum atomic E-state index is 12.6. The van der Waals surface area contributed by atoms with Gasteiger partial charge in [-0.15, -0.1) is 0 Å². The molecular formula is C21H34NO2+. The van der Waals surface area contributed by atoms with E-state index in [1.165, 1.54) is 45.2 Å². The highest BCUT2D eigenvalue weighted by Gasteiger charge is 2.52. The van der Waals surface area contributed by atoms with Crippen LogP contribution in [0, 0.1) is 29.1 Å². The molecule has 2 aliphatic carbocycles. The van der Waals surface area contributed by atoms with Gasteiger partial charge in [-0.3, -0.25) is 4.79 Å². The lowest BCUT2D eigenvalue weighted by molar-refractivity contribution is -0.908. The third-order valence-corrected chi connectivity index (χ3v) is 7.57. The van der Waals surface area contributed by atoms with E-state index < -0.39 is 0 Å². The van der Waals surface area contributed by atoms with E-state index in [0.29, 0.717) is 11.8 Å². The van der Waals surface area contributed by atoms with Gasteiger partial charge in [0, 0.05) is 5.92 Å². The van der Waals surface area contributed by atoms with Crippen molar-refractivity contribution in [3.63, 3.8) is 0 Å². The molecule has 2 saturated heterocycles. The van der Waals surface area contributed by atoms with Crippen molar-refractivity contribution in [3.8, 4) is 0 Å². The monoisotopic (exact) mass is 332 g/mol. The Labute approximate surface area is 146 Å². The summed E-state index contributed by atoms with van der Waals surface area (Å²) < 4.78 is 5.89. The van der Waals surface area contributed by atoms with Gasteiger partial charge < -0.3 is 9.64 Å². The number of carbonyl (C=O) groups is 1. The summed E-state index contributed by atoms with van der Waals surface area (Å²) in [5, 5.41) is 0. The summed E-state index contributed by atoms with van der Waals surface area (Å²) in [5.74, 6) is 2.07. The zero-order chi connectivity index (χ0) is 16.9. The smallest absolute Gasteiger partial charge is 0.315 e. The van der Waals surface area contributed by atoms with Gasteiger partial charge >= 0.3 is 5.97 Å². The first-order chi connectivity index (χ1) is 11.5. The molecule has 4 rings (SSSR count). The Morgan fingerprint density at radius 2 is 2.00 bits per heavy atom. The van der Waals surface area contributed by atoms with Crippen molar-refractivity contribution in [1.29, 1.82) is 0 Å². The zero-order valence-corrected chi connectivity index (χ0v) is 15.6. The SMILES string of the molecule is CC1CC[NH+](C[C@H]2C(=O)O[C@@H]3C[C@@]4(C)CCC[C@H](C)C4=C[C@@H]32)CC1. The lowest BCUT2D eigenvalue weighted by Gasteiger charge is -2.46. The van der Waals surface area contributed by atoms with E-state index >= 15 is 0 Å². The number of allylic oxidation sites excluding steroid dienone is 1. The minimum Gasteiger partial charge on any atom is -0.461 e. The van der Waals surface area contributed by atoms with Crippen molar-refractivity contribution in [1.82, 2.24) is 0 Å². The molecule has 3 heteroatoms.